The van der Waals surface area contributed by atoms with E-state index in [2.05, 4.69) is 26.2 Å². The van der Waals surface area contributed by atoms with Crippen LogP contribution in [0.1, 0.15) is 16.1 Å². The van der Waals surface area contributed by atoms with Crippen LogP contribution in [0.3, 0.4) is 0 Å². The molecule has 2 aromatic heterocycles. The first-order valence-electron chi connectivity index (χ1n) is 4.13. The second-order valence-electron chi connectivity index (χ2n) is 2.86. The van der Waals surface area contributed by atoms with Crippen LogP contribution >= 0.6 is 15.9 Å². The van der Waals surface area contributed by atoms with Gasteiger partial charge in [-0.1, -0.05) is 0 Å². The molecular weight excluding hydrogens is 264 g/mol. The molecule has 2 heterocycles. The molecule has 0 unspecified atom stereocenters. The molecule has 0 aliphatic rings. The Balaban J connectivity index is 2.14. The Hall–Kier alpha value is -1.56. The first kappa shape index (κ1) is 9.97. The van der Waals surface area contributed by atoms with Crippen LogP contribution in [0, 0.1) is 6.92 Å². The number of oxazole rings is 1. The van der Waals surface area contributed by atoms with Crippen LogP contribution in [0.25, 0.3) is 0 Å². The first-order chi connectivity index (χ1) is 7.16. The van der Waals surface area contributed by atoms with Crippen LogP contribution in [-0.4, -0.2) is 10.9 Å². The van der Waals surface area contributed by atoms with Crippen molar-refractivity contribution in [1.82, 2.24) is 4.98 Å². The van der Waals surface area contributed by atoms with Gasteiger partial charge >= 0.3 is 6.01 Å². The van der Waals surface area contributed by atoms with Gasteiger partial charge in [-0.2, -0.15) is 4.98 Å². The van der Waals surface area contributed by atoms with Gasteiger partial charge in [0.15, 0.2) is 4.67 Å². The van der Waals surface area contributed by atoms with Crippen LogP contribution in [0.2, 0.25) is 0 Å². The number of carbonyl (C=O) groups is 1. The summed E-state index contributed by atoms with van der Waals surface area (Å²) in [6.45, 7) is 1.77. The predicted octanol–water partition coefficient (Wildman–Crippen LogP) is 2.59. The second kappa shape index (κ2) is 3.90. The van der Waals surface area contributed by atoms with Gasteiger partial charge in [-0.25, -0.2) is 0 Å². The zero-order valence-corrected chi connectivity index (χ0v) is 9.37. The van der Waals surface area contributed by atoms with Gasteiger partial charge in [0.2, 0.25) is 0 Å². The topological polar surface area (TPSA) is 68.3 Å². The summed E-state index contributed by atoms with van der Waals surface area (Å²) in [4.78, 5) is 15.5. The van der Waals surface area contributed by atoms with E-state index < -0.39 is 0 Å². The van der Waals surface area contributed by atoms with Gasteiger partial charge in [-0.15, -0.1) is 0 Å². The molecule has 0 saturated heterocycles. The lowest BCUT2D eigenvalue weighted by Gasteiger charge is -1.97. The fraction of sp³-hybridized carbons (Fsp3) is 0.111. The second-order valence-corrected chi connectivity index (χ2v) is 3.58. The minimum atomic E-state index is -0.336. The highest BCUT2D eigenvalue weighted by atomic mass is 79.9. The largest absolute Gasteiger partial charge is 0.457 e. The summed E-state index contributed by atoms with van der Waals surface area (Å²) < 4.78 is 10.3. The third-order valence-electron chi connectivity index (χ3n) is 1.70. The molecule has 0 radical (unpaired) electrons. The summed E-state index contributed by atoms with van der Waals surface area (Å²) in [5.41, 5.74) is 1.10. The van der Waals surface area contributed by atoms with Crippen molar-refractivity contribution in [2.75, 3.05) is 5.32 Å². The van der Waals surface area contributed by atoms with E-state index in [4.69, 9.17) is 8.83 Å². The summed E-state index contributed by atoms with van der Waals surface area (Å²) in [5, 5.41) is 2.50. The van der Waals surface area contributed by atoms with Crippen molar-refractivity contribution in [3.05, 3.63) is 34.5 Å². The standard InChI is InChI=1S/C9H7BrN2O3/c1-5-4-15-9(11-5)12-8(13)6-2-3-14-7(6)10/h2-4H,1H3,(H,11,12,13). The van der Waals surface area contributed by atoms with E-state index in [-0.39, 0.29) is 11.9 Å². The van der Waals surface area contributed by atoms with Gasteiger partial charge in [-0.3, -0.25) is 10.1 Å². The molecule has 0 atom stereocenters. The molecule has 15 heavy (non-hydrogen) atoms. The maximum absolute atomic E-state index is 11.6. The Morgan fingerprint density at radius 1 is 1.53 bits per heavy atom. The zero-order valence-electron chi connectivity index (χ0n) is 7.78. The molecule has 78 valence electrons. The molecule has 2 rings (SSSR count). The molecule has 1 amide bonds. The Labute approximate surface area is 93.6 Å². The maximum atomic E-state index is 11.6. The Bertz CT molecular complexity index is 489. The predicted molar refractivity (Wildman–Crippen MR) is 55.6 cm³/mol. The number of furan rings is 1. The average molecular weight is 271 g/mol. The van der Waals surface area contributed by atoms with E-state index in [0.29, 0.717) is 15.9 Å². The van der Waals surface area contributed by atoms with Crippen molar-refractivity contribution in [2.45, 2.75) is 6.92 Å². The maximum Gasteiger partial charge on any atom is 0.301 e. The highest BCUT2D eigenvalue weighted by Gasteiger charge is 2.14. The number of anilines is 1. The number of nitrogens with one attached hydrogen (secondary N) is 1. The third kappa shape index (κ3) is 2.10. The van der Waals surface area contributed by atoms with E-state index in [9.17, 15) is 4.79 Å². The number of amides is 1. The number of rotatable bonds is 2. The molecular formula is C9H7BrN2O3. The zero-order chi connectivity index (χ0) is 10.8. The Morgan fingerprint density at radius 3 is 2.87 bits per heavy atom. The Kier molecular flexibility index (Phi) is 2.59. The van der Waals surface area contributed by atoms with Gasteiger partial charge < -0.3 is 8.83 Å². The third-order valence-corrected chi connectivity index (χ3v) is 2.32. The molecule has 0 aromatic carbocycles. The van der Waals surface area contributed by atoms with Crippen molar-refractivity contribution >= 4 is 27.9 Å². The number of nitrogens with zero attached hydrogens (tertiary/aromatic N) is 1. The van der Waals surface area contributed by atoms with Gasteiger partial charge in [0, 0.05) is 0 Å². The molecule has 0 fully saturated rings. The number of halogens is 1. The van der Waals surface area contributed by atoms with Gasteiger partial charge in [0.25, 0.3) is 5.91 Å². The smallest absolute Gasteiger partial charge is 0.301 e. The Morgan fingerprint density at radius 2 is 2.33 bits per heavy atom. The lowest BCUT2D eigenvalue weighted by molar-refractivity contribution is 0.102. The monoisotopic (exact) mass is 270 g/mol. The highest BCUT2D eigenvalue weighted by Crippen LogP contribution is 2.18. The summed E-state index contributed by atoms with van der Waals surface area (Å²) in [6.07, 6.45) is 2.87. The molecule has 0 aliphatic carbocycles. The van der Waals surface area contributed by atoms with E-state index >= 15 is 0 Å². The number of carbonyl (C=O) groups excluding carboxylic acids is 1. The van der Waals surface area contributed by atoms with Crippen LogP contribution in [0.5, 0.6) is 0 Å². The summed E-state index contributed by atoms with van der Waals surface area (Å²) in [6, 6.07) is 1.72. The van der Waals surface area contributed by atoms with Crippen molar-refractivity contribution in [3.63, 3.8) is 0 Å². The summed E-state index contributed by atoms with van der Waals surface area (Å²) >= 11 is 3.11. The molecule has 0 bridgehead atoms. The van der Waals surface area contributed by atoms with Gasteiger partial charge in [0.1, 0.15) is 6.26 Å². The summed E-state index contributed by atoms with van der Waals surface area (Å²) in [7, 11) is 0. The van der Waals surface area contributed by atoms with Gasteiger partial charge in [-0.05, 0) is 28.9 Å². The number of hydrogen-bond acceptors (Lipinski definition) is 4. The quantitative estimate of drug-likeness (QED) is 0.911. The number of aryl methyl sites for hydroxylation is 1. The molecule has 1 N–H and O–H groups in total. The van der Waals surface area contributed by atoms with Crippen LogP contribution in [-0.2, 0) is 0 Å². The molecule has 2 aromatic rings. The van der Waals surface area contributed by atoms with E-state index in [1.807, 2.05) is 0 Å². The molecule has 0 aliphatic heterocycles. The van der Waals surface area contributed by atoms with Crippen molar-refractivity contribution < 1.29 is 13.6 Å². The fourth-order valence-corrected chi connectivity index (χ4v) is 1.45. The van der Waals surface area contributed by atoms with Crippen LogP contribution in [0.4, 0.5) is 6.01 Å². The number of hydrogen-bond donors (Lipinski definition) is 1. The SMILES string of the molecule is Cc1coc(NC(=O)c2ccoc2Br)n1. The van der Waals surface area contributed by atoms with E-state index in [0.717, 1.165) is 0 Å². The fourth-order valence-electron chi connectivity index (χ4n) is 1.03. The first-order valence-corrected chi connectivity index (χ1v) is 4.92. The minimum Gasteiger partial charge on any atom is -0.457 e. The molecule has 5 nitrogen and oxygen atoms in total. The average Bonchev–Trinajstić information content (AvgIpc) is 2.75. The lowest BCUT2D eigenvalue weighted by atomic mass is 10.3. The number of aromatic nitrogens is 1. The highest BCUT2D eigenvalue weighted by molar-refractivity contribution is 9.10. The van der Waals surface area contributed by atoms with E-state index in [1.165, 1.54) is 12.5 Å². The molecule has 6 heteroatoms. The van der Waals surface area contributed by atoms with Crippen molar-refractivity contribution in [1.29, 1.82) is 0 Å². The lowest BCUT2D eigenvalue weighted by Crippen LogP contribution is -2.11. The minimum absolute atomic E-state index is 0.172. The van der Waals surface area contributed by atoms with E-state index in [1.54, 1.807) is 13.0 Å². The molecule has 0 spiro atoms. The van der Waals surface area contributed by atoms with Crippen molar-refractivity contribution in [3.8, 4) is 0 Å². The summed E-state index contributed by atoms with van der Waals surface area (Å²) in [5.74, 6) is -0.336. The molecule has 0 saturated carbocycles. The van der Waals surface area contributed by atoms with Gasteiger partial charge in [0.05, 0.1) is 17.5 Å². The van der Waals surface area contributed by atoms with Crippen molar-refractivity contribution in [2.24, 2.45) is 0 Å². The van der Waals surface area contributed by atoms with Crippen LogP contribution < -0.4 is 5.32 Å². The normalized spacial score (nSPS) is 10.3. The van der Waals surface area contributed by atoms with Crippen LogP contribution in [0.15, 0.2) is 32.1 Å².